The van der Waals surface area contributed by atoms with Gasteiger partial charge in [0.25, 0.3) is 0 Å². The van der Waals surface area contributed by atoms with Gasteiger partial charge in [-0.2, -0.15) is 0 Å². The molecule has 1 aliphatic heterocycles. The number of aromatic nitrogens is 2. The van der Waals surface area contributed by atoms with Crippen LogP contribution in [-0.4, -0.2) is 45.8 Å². The second-order valence-corrected chi connectivity index (χ2v) is 4.65. The molecule has 0 spiro atoms. The molecule has 1 aromatic heterocycles. The number of carboxylic acids is 1. The van der Waals surface area contributed by atoms with Crippen molar-refractivity contribution in [1.29, 1.82) is 0 Å². The number of hydrogen-bond acceptors (Lipinski definition) is 4. The van der Waals surface area contributed by atoms with E-state index in [1.54, 1.807) is 4.57 Å². The number of aromatic carboxylic acids is 1. The summed E-state index contributed by atoms with van der Waals surface area (Å²) in [7, 11) is 0. The van der Waals surface area contributed by atoms with Crippen molar-refractivity contribution in [2.45, 2.75) is 26.0 Å². The number of imidazole rings is 1. The van der Waals surface area contributed by atoms with Crippen LogP contribution < -0.4 is 5.32 Å². The lowest BCUT2D eigenvalue weighted by molar-refractivity contribution is -0.131. The lowest BCUT2D eigenvalue weighted by Crippen LogP contribution is -2.38. The molecule has 0 bridgehead atoms. The highest BCUT2D eigenvalue weighted by Crippen LogP contribution is 2.19. The van der Waals surface area contributed by atoms with Crippen LogP contribution in [0.15, 0.2) is 12.5 Å². The zero-order valence-electron chi connectivity index (χ0n) is 10.7. The van der Waals surface area contributed by atoms with E-state index in [4.69, 9.17) is 9.84 Å². The summed E-state index contributed by atoms with van der Waals surface area (Å²) in [6, 6.07) is 0. The topological polar surface area (TPSA) is 93.5 Å². The van der Waals surface area contributed by atoms with Crippen LogP contribution in [0.5, 0.6) is 0 Å². The van der Waals surface area contributed by atoms with E-state index in [9.17, 15) is 9.59 Å². The van der Waals surface area contributed by atoms with Crippen molar-refractivity contribution in [1.82, 2.24) is 14.9 Å². The normalized spacial score (nSPS) is 22.4. The van der Waals surface area contributed by atoms with E-state index in [2.05, 4.69) is 10.3 Å². The molecule has 0 saturated carbocycles. The molecule has 7 nitrogen and oxygen atoms in total. The van der Waals surface area contributed by atoms with Crippen LogP contribution in [0.1, 0.15) is 23.8 Å². The van der Waals surface area contributed by atoms with Crippen LogP contribution in [0.4, 0.5) is 0 Å². The molecule has 2 rings (SSSR count). The third kappa shape index (κ3) is 3.31. The maximum Gasteiger partial charge on any atom is 0.356 e. The van der Waals surface area contributed by atoms with E-state index in [-0.39, 0.29) is 23.6 Å². The highest BCUT2D eigenvalue weighted by Gasteiger charge is 2.30. The van der Waals surface area contributed by atoms with Gasteiger partial charge in [-0.1, -0.05) is 6.92 Å². The molecular formula is C12H17N3O4. The molecule has 0 radical (unpaired) electrons. The number of carbonyl (C=O) groups excluding carboxylic acids is 1. The number of rotatable bonds is 5. The second kappa shape index (κ2) is 5.83. The Labute approximate surface area is 110 Å². The number of nitrogens with zero attached hydrogens (tertiary/aromatic N) is 2. The third-order valence-electron chi connectivity index (χ3n) is 3.17. The van der Waals surface area contributed by atoms with Gasteiger partial charge in [-0.25, -0.2) is 9.78 Å². The molecule has 2 N–H and O–H groups in total. The van der Waals surface area contributed by atoms with Crippen molar-refractivity contribution in [3.63, 3.8) is 0 Å². The van der Waals surface area contributed by atoms with E-state index in [0.29, 0.717) is 19.7 Å². The Balaban J connectivity index is 1.76. The standard InChI is InChI=1S/C12H17N3O4/c1-8-2-5-19-10(8)11(16)13-3-4-15-6-9(12(17)18)14-7-15/h6-8,10H,2-5H2,1H3,(H,13,16)(H,17,18). The fraction of sp³-hybridized carbons (Fsp3) is 0.583. The van der Waals surface area contributed by atoms with Crippen molar-refractivity contribution < 1.29 is 19.4 Å². The van der Waals surface area contributed by atoms with Crippen molar-refractivity contribution in [3.05, 3.63) is 18.2 Å². The molecule has 0 aromatic carbocycles. The Morgan fingerprint density at radius 2 is 2.42 bits per heavy atom. The first-order chi connectivity index (χ1) is 9.08. The summed E-state index contributed by atoms with van der Waals surface area (Å²) in [5.74, 6) is -0.925. The van der Waals surface area contributed by atoms with Crippen LogP contribution in [0, 0.1) is 5.92 Å². The number of carbonyl (C=O) groups is 2. The number of amides is 1. The second-order valence-electron chi connectivity index (χ2n) is 4.65. The largest absolute Gasteiger partial charge is 0.476 e. The Morgan fingerprint density at radius 3 is 3.00 bits per heavy atom. The molecule has 0 aliphatic carbocycles. The monoisotopic (exact) mass is 267 g/mol. The number of ether oxygens (including phenoxy) is 1. The van der Waals surface area contributed by atoms with Crippen LogP contribution in [0.3, 0.4) is 0 Å². The molecule has 104 valence electrons. The molecule has 1 aromatic rings. The molecule has 7 heteroatoms. The average molecular weight is 267 g/mol. The van der Waals surface area contributed by atoms with Gasteiger partial charge in [0.15, 0.2) is 5.69 Å². The highest BCUT2D eigenvalue weighted by atomic mass is 16.5. The van der Waals surface area contributed by atoms with Gasteiger partial charge in [-0.05, 0) is 12.3 Å². The van der Waals surface area contributed by atoms with Crippen LogP contribution in [0.2, 0.25) is 0 Å². The lowest BCUT2D eigenvalue weighted by atomic mass is 10.0. The molecule has 1 aliphatic rings. The zero-order valence-corrected chi connectivity index (χ0v) is 10.7. The molecule has 1 fully saturated rings. The van der Waals surface area contributed by atoms with Gasteiger partial charge in [0.2, 0.25) is 5.91 Å². The molecule has 2 atom stereocenters. The Bertz CT molecular complexity index is 471. The van der Waals surface area contributed by atoms with Gasteiger partial charge in [0, 0.05) is 25.9 Å². The molecule has 1 amide bonds. The smallest absolute Gasteiger partial charge is 0.356 e. The predicted molar refractivity (Wildman–Crippen MR) is 65.7 cm³/mol. The third-order valence-corrected chi connectivity index (χ3v) is 3.17. The van der Waals surface area contributed by atoms with E-state index >= 15 is 0 Å². The number of nitrogens with one attached hydrogen (secondary N) is 1. The Kier molecular flexibility index (Phi) is 4.16. The molecule has 2 heterocycles. The SMILES string of the molecule is CC1CCOC1C(=O)NCCn1cnc(C(=O)O)c1. The number of carboxylic acid groups (broad SMARTS) is 1. The van der Waals surface area contributed by atoms with Gasteiger partial charge < -0.3 is 19.7 Å². The molecule has 2 unspecified atom stereocenters. The van der Waals surface area contributed by atoms with Crippen LogP contribution in [0.25, 0.3) is 0 Å². The first-order valence-electron chi connectivity index (χ1n) is 6.22. The molecular weight excluding hydrogens is 250 g/mol. The molecule has 19 heavy (non-hydrogen) atoms. The predicted octanol–water partition coefficient (Wildman–Crippen LogP) is 0.122. The minimum Gasteiger partial charge on any atom is -0.476 e. The summed E-state index contributed by atoms with van der Waals surface area (Å²) in [6.45, 7) is 3.52. The van der Waals surface area contributed by atoms with Crippen molar-refractivity contribution in [2.24, 2.45) is 5.92 Å². The highest BCUT2D eigenvalue weighted by molar-refractivity contribution is 5.84. The Morgan fingerprint density at radius 1 is 1.63 bits per heavy atom. The molecule has 1 saturated heterocycles. The lowest BCUT2D eigenvalue weighted by Gasteiger charge is -2.14. The van der Waals surface area contributed by atoms with E-state index in [0.717, 1.165) is 6.42 Å². The Hall–Kier alpha value is -1.89. The fourth-order valence-corrected chi connectivity index (χ4v) is 2.03. The van der Waals surface area contributed by atoms with Crippen molar-refractivity contribution >= 4 is 11.9 Å². The summed E-state index contributed by atoms with van der Waals surface area (Å²) in [5.41, 5.74) is -0.000856. The first kappa shape index (κ1) is 13.5. The van der Waals surface area contributed by atoms with Crippen LogP contribution in [-0.2, 0) is 16.1 Å². The minimum atomic E-state index is -1.06. The quantitative estimate of drug-likeness (QED) is 0.790. The van der Waals surface area contributed by atoms with E-state index in [1.165, 1.54) is 12.5 Å². The summed E-state index contributed by atoms with van der Waals surface area (Å²) in [6.07, 6.45) is 3.41. The zero-order chi connectivity index (χ0) is 13.8. The fourth-order valence-electron chi connectivity index (χ4n) is 2.03. The number of hydrogen-bond donors (Lipinski definition) is 2. The maximum atomic E-state index is 11.8. The van der Waals surface area contributed by atoms with Gasteiger partial charge in [-0.3, -0.25) is 4.79 Å². The van der Waals surface area contributed by atoms with E-state index < -0.39 is 5.97 Å². The van der Waals surface area contributed by atoms with Crippen molar-refractivity contribution in [3.8, 4) is 0 Å². The summed E-state index contributed by atoms with van der Waals surface area (Å²) >= 11 is 0. The van der Waals surface area contributed by atoms with Gasteiger partial charge in [-0.15, -0.1) is 0 Å². The van der Waals surface area contributed by atoms with Gasteiger partial charge in [0.05, 0.1) is 6.33 Å². The maximum absolute atomic E-state index is 11.8. The summed E-state index contributed by atoms with van der Waals surface area (Å²) in [5, 5.41) is 11.5. The summed E-state index contributed by atoms with van der Waals surface area (Å²) < 4.78 is 6.98. The van der Waals surface area contributed by atoms with Crippen molar-refractivity contribution in [2.75, 3.05) is 13.2 Å². The minimum absolute atomic E-state index is 0.000856. The van der Waals surface area contributed by atoms with Crippen LogP contribution >= 0.6 is 0 Å². The van der Waals surface area contributed by atoms with E-state index in [1.807, 2.05) is 6.92 Å². The average Bonchev–Trinajstić information content (AvgIpc) is 2.97. The summed E-state index contributed by atoms with van der Waals surface area (Å²) in [4.78, 5) is 26.2. The first-order valence-corrected chi connectivity index (χ1v) is 6.22. The van der Waals surface area contributed by atoms with Gasteiger partial charge >= 0.3 is 5.97 Å². The van der Waals surface area contributed by atoms with Gasteiger partial charge in [0.1, 0.15) is 6.10 Å².